The molecule has 0 radical (unpaired) electrons. The molecule has 0 bridgehead atoms. The first-order valence-electron chi connectivity index (χ1n) is 6.30. The summed E-state index contributed by atoms with van der Waals surface area (Å²) in [5.74, 6) is 0.384. The highest BCUT2D eigenvalue weighted by Gasteiger charge is 2.17. The predicted molar refractivity (Wildman–Crippen MR) is 77.5 cm³/mol. The Labute approximate surface area is 121 Å². The summed E-state index contributed by atoms with van der Waals surface area (Å²) >= 11 is 2.29. The van der Waals surface area contributed by atoms with Crippen LogP contribution in [0.25, 0.3) is 0 Å². The van der Waals surface area contributed by atoms with Crippen molar-refractivity contribution in [2.75, 3.05) is 24.2 Å². The molecule has 0 saturated carbocycles. The van der Waals surface area contributed by atoms with E-state index in [4.69, 9.17) is 9.47 Å². The van der Waals surface area contributed by atoms with Crippen LogP contribution in [0.15, 0.2) is 24.3 Å². The van der Waals surface area contributed by atoms with Crippen LogP contribution in [0.4, 0.5) is 4.39 Å². The quantitative estimate of drug-likeness (QED) is 0.585. The second-order valence-corrected chi connectivity index (χ2v) is 5.47. The number of alkyl halides is 1. The van der Waals surface area contributed by atoms with Crippen LogP contribution < -0.4 is 0 Å². The van der Waals surface area contributed by atoms with Gasteiger partial charge < -0.3 is 9.47 Å². The Bertz CT molecular complexity index is 367. The van der Waals surface area contributed by atoms with Crippen molar-refractivity contribution in [3.63, 3.8) is 0 Å². The van der Waals surface area contributed by atoms with Gasteiger partial charge in [0.2, 0.25) is 0 Å². The summed E-state index contributed by atoms with van der Waals surface area (Å²) in [4.78, 5) is 0. The molecule has 1 heterocycles. The summed E-state index contributed by atoms with van der Waals surface area (Å²) in [6.45, 7) is 2.42. The summed E-state index contributed by atoms with van der Waals surface area (Å²) < 4.78 is 25.3. The molecule has 2 nitrogen and oxygen atoms in total. The number of rotatable bonds is 5. The van der Waals surface area contributed by atoms with E-state index >= 15 is 0 Å². The van der Waals surface area contributed by atoms with Crippen LogP contribution in [0.2, 0.25) is 0 Å². The molecule has 1 aliphatic rings. The van der Waals surface area contributed by atoms with Crippen LogP contribution in [-0.2, 0) is 9.47 Å². The molecule has 1 saturated heterocycles. The molecule has 0 amide bonds. The highest BCUT2D eigenvalue weighted by molar-refractivity contribution is 14.1. The van der Waals surface area contributed by atoms with Gasteiger partial charge in [-0.2, -0.15) is 0 Å². The van der Waals surface area contributed by atoms with Crippen LogP contribution in [0.5, 0.6) is 0 Å². The van der Waals surface area contributed by atoms with Crippen molar-refractivity contribution in [2.45, 2.75) is 18.9 Å². The third-order valence-corrected chi connectivity index (χ3v) is 4.03. The summed E-state index contributed by atoms with van der Waals surface area (Å²) in [6, 6.07) is 6.69. The Morgan fingerprint density at radius 3 is 2.83 bits per heavy atom. The molecule has 4 heteroatoms. The maximum absolute atomic E-state index is 13.2. The molecule has 1 aromatic rings. The standard InChI is InChI=1S/C14H18FIO2/c15-13-3-1-2-12(8-13)14(9-16)18-10-11-4-6-17-7-5-11/h1-3,8,11,14H,4-7,9-10H2. The minimum atomic E-state index is -0.197. The summed E-state index contributed by atoms with van der Waals surface area (Å²) in [5, 5.41) is 0. The summed E-state index contributed by atoms with van der Waals surface area (Å²) in [5.41, 5.74) is 0.927. The second kappa shape index (κ2) is 7.40. The molecule has 1 aromatic carbocycles. The lowest BCUT2D eigenvalue weighted by Crippen LogP contribution is -2.21. The third kappa shape index (κ3) is 4.17. The lowest BCUT2D eigenvalue weighted by Gasteiger charge is -2.24. The Morgan fingerprint density at radius 2 is 2.17 bits per heavy atom. The fraction of sp³-hybridized carbons (Fsp3) is 0.571. The maximum atomic E-state index is 13.2. The van der Waals surface area contributed by atoms with Crippen molar-refractivity contribution in [3.8, 4) is 0 Å². The van der Waals surface area contributed by atoms with Gasteiger partial charge in [-0.25, -0.2) is 4.39 Å². The van der Waals surface area contributed by atoms with Gasteiger partial charge in [0.15, 0.2) is 0 Å². The zero-order valence-electron chi connectivity index (χ0n) is 10.3. The monoisotopic (exact) mass is 364 g/mol. The average Bonchev–Trinajstić information content (AvgIpc) is 2.41. The van der Waals surface area contributed by atoms with Crippen molar-refractivity contribution in [1.82, 2.24) is 0 Å². The normalized spacial score (nSPS) is 18.8. The summed E-state index contributed by atoms with van der Waals surface area (Å²) in [7, 11) is 0. The molecule has 100 valence electrons. The van der Waals surface area contributed by atoms with Crippen molar-refractivity contribution in [2.24, 2.45) is 5.92 Å². The molecule has 0 spiro atoms. The molecule has 0 aromatic heterocycles. The predicted octanol–water partition coefficient (Wildman–Crippen LogP) is 3.75. The molecule has 1 aliphatic heterocycles. The van der Waals surface area contributed by atoms with E-state index in [1.165, 1.54) is 6.07 Å². The fourth-order valence-electron chi connectivity index (χ4n) is 2.10. The van der Waals surface area contributed by atoms with Crippen molar-refractivity contribution >= 4 is 22.6 Å². The van der Waals surface area contributed by atoms with E-state index in [-0.39, 0.29) is 11.9 Å². The van der Waals surface area contributed by atoms with Crippen LogP contribution in [0, 0.1) is 11.7 Å². The van der Waals surface area contributed by atoms with Crippen LogP contribution in [0.1, 0.15) is 24.5 Å². The van der Waals surface area contributed by atoms with Gasteiger partial charge in [0, 0.05) is 17.6 Å². The van der Waals surface area contributed by atoms with Crippen LogP contribution >= 0.6 is 22.6 Å². The lowest BCUT2D eigenvalue weighted by atomic mass is 10.0. The summed E-state index contributed by atoms with van der Waals surface area (Å²) in [6.07, 6.45) is 2.12. The molecule has 18 heavy (non-hydrogen) atoms. The van der Waals surface area contributed by atoms with Gasteiger partial charge >= 0.3 is 0 Å². The molecule has 1 unspecified atom stereocenters. The SMILES string of the molecule is Fc1cccc(C(CI)OCC2CCOCC2)c1. The van der Waals surface area contributed by atoms with Gasteiger partial charge in [-0.05, 0) is 36.5 Å². The lowest BCUT2D eigenvalue weighted by molar-refractivity contribution is -0.00330. The third-order valence-electron chi connectivity index (χ3n) is 3.23. The zero-order chi connectivity index (χ0) is 12.8. The highest BCUT2D eigenvalue weighted by Crippen LogP contribution is 2.24. The molecular weight excluding hydrogens is 346 g/mol. The van der Waals surface area contributed by atoms with E-state index in [1.807, 2.05) is 6.07 Å². The van der Waals surface area contributed by atoms with Gasteiger partial charge in [-0.3, -0.25) is 0 Å². The minimum Gasteiger partial charge on any atom is -0.381 e. The smallest absolute Gasteiger partial charge is 0.123 e. The molecule has 1 atom stereocenters. The van der Waals surface area contributed by atoms with E-state index in [2.05, 4.69) is 22.6 Å². The molecule has 2 rings (SSSR count). The maximum Gasteiger partial charge on any atom is 0.123 e. The molecule has 0 N–H and O–H groups in total. The topological polar surface area (TPSA) is 18.5 Å². The van der Waals surface area contributed by atoms with E-state index in [0.717, 1.165) is 42.7 Å². The van der Waals surface area contributed by atoms with Gasteiger partial charge in [0.25, 0.3) is 0 Å². The Kier molecular flexibility index (Phi) is 5.85. The number of hydrogen-bond acceptors (Lipinski definition) is 2. The number of hydrogen-bond donors (Lipinski definition) is 0. The van der Waals surface area contributed by atoms with Crippen LogP contribution in [0.3, 0.4) is 0 Å². The highest BCUT2D eigenvalue weighted by atomic mass is 127. The molecule has 1 fully saturated rings. The second-order valence-electron chi connectivity index (χ2n) is 4.59. The first kappa shape index (κ1) is 14.2. The van der Waals surface area contributed by atoms with E-state index in [0.29, 0.717) is 5.92 Å². The fourth-order valence-corrected chi connectivity index (χ4v) is 2.86. The van der Waals surface area contributed by atoms with E-state index in [9.17, 15) is 4.39 Å². The molecular formula is C14H18FIO2. The van der Waals surface area contributed by atoms with Gasteiger partial charge in [-0.1, -0.05) is 34.7 Å². The zero-order valence-corrected chi connectivity index (χ0v) is 12.4. The first-order chi connectivity index (χ1) is 8.79. The molecule has 0 aliphatic carbocycles. The van der Waals surface area contributed by atoms with Gasteiger partial charge in [0.05, 0.1) is 12.7 Å². The van der Waals surface area contributed by atoms with Crippen molar-refractivity contribution < 1.29 is 13.9 Å². The minimum absolute atomic E-state index is 0.0101. The van der Waals surface area contributed by atoms with E-state index in [1.54, 1.807) is 12.1 Å². The first-order valence-corrected chi connectivity index (χ1v) is 7.83. The Hall–Kier alpha value is -0.200. The van der Waals surface area contributed by atoms with Gasteiger partial charge in [-0.15, -0.1) is 0 Å². The Morgan fingerprint density at radius 1 is 1.39 bits per heavy atom. The van der Waals surface area contributed by atoms with Crippen molar-refractivity contribution in [3.05, 3.63) is 35.6 Å². The Balaban J connectivity index is 1.88. The largest absolute Gasteiger partial charge is 0.381 e. The number of ether oxygens (including phenoxy) is 2. The van der Waals surface area contributed by atoms with Crippen LogP contribution in [-0.4, -0.2) is 24.2 Å². The van der Waals surface area contributed by atoms with Gasteiger partial charge in [0.1, 0.15) is 5.82 Å². The van der Waals surface area contributed by atoms with E-state index < -0.39 is 0 Å². The van der Waals surface area contributed by atoms with Crippen molar-refractivity contribution in [1.29, 1.82) is 0 Å². The average molecular weight is 364 g/mol. The number of halogens is 2. The number of benzene rings is 1.